The summed E-state index contributed by atoms with van der Waals surface area (Å²) >= 11 is 0. The predicted molar refractivity (Wildman–Crippen MR) is 71.4 cm³/mol. The summed E-state index contributed by atoms with van der Waals surface area (Å²) in [7, 11) is 1.95. The predicted octanol–water partition coefficient (Wildman–Crippen LogP) is 2.93. The Balaban J connectivity index is 2.86. The molecule has 1 heterocycles. The van der Waals surface area contributed by atoms with Crippen LogP contribution in [0.4, 0.5) is 0 Å². The molecule has 1 rings (SSSR count). The smallest absolute Gasteiger partial charge is 0.214 e. The lowest BCUT2D eigenvalue weighted by atomic mass is 10.1. The largest absolute Gasteiger partial charge is 0.475 e. The number of nitrogens with one attached hydrogen (secondary N) is 1. The Hall–Kier alpha value is -1.09. The minimum atomic E-state index is 0.224. The minimum Gasteiger partial charge on any atom is -0.475 e. The van der Waals surface area contributed by atoms with Gasteiger partial charge in [-0.2, -0.15) is 0 Å². The third-order valence-electron chi connectivity index (χ3n) is 2.70. The SMILES string of the molecule is CCCc1cc(CNC)cc(OC(C)CC)n1. The van der Waals surface area contributed by atoms with Crippen molar-refractivity contribution in [3.63, 3.8) is 0 Å². The van der Waals surface area contributed by atoms with Crippen LogP contribution in [0.1, 0.15) is 44.9 Å². The Morgan fingerprint density at radius 1 is 1.35 bits per heavy atom. The summed E-state index contributed by atoms with van der Waals surface area (Å²) in [6.07, 6.45) is 3.34. The normalized spacial score (nSPS) is 12.5. The zero-order valence-electron chi connectivity index (χ0n) is 11.4. The van der Waals surface area contributed by atoms with E-state index in [0.29, 0.717) is 0 Å². The van der Waals surface area contributed by atoms with Crippen molar-refractivity contribution in [1.29, 1.82) is 0 Å². The molecule has 0 spiro atoms. The Bertz CT molecular complexity index is 315. The Morgan fingerprint density at radius 3 is 2.71 bits per heavy atom. The number of aromatic nitrogens is 1. The van der Waals surface area contributed by atoms with Crippen LogP contribution in [0.5, 0.6) is 5.88 Å². The standard InChI is InChI=1S/C14H24N2O/c1-5-7-13-8-12(10-15-4)9-14(16-13)17-11(3)6-2/h8-9,11,15H,5-7,10H2,1-4H3. The number of pyridine rings is 1. The summed E-state index contributed by atoms with van der Waals surface area (Å²) in [5.41, 5.74) is 2.36. The van der Waals surface area contributed by atoms with Gasteiger partial charge in [0.2, 0.25) is 5.88 Å². The van der Waals surface area contributed by atoms with Crippen LogP contribution in [0.2, 0.25) is 0 Å². The van der Waals surface area contributed by atoms with Crippen molar-refractivity contribution in [2.24, 2.45) is 0 Å². The van der Waals surface area contributed by atoms with E-state index in [-0.39, 0.29) is 6.10 Å². The van der Waals surface area contributed by atoms with Gasteiger partial charge in [0.25, 0.3) is 0 Å². The van der Waals surface area contributed by atoms with E-state index in [1.54, 1.807) is 0 Å². The van der Waals surface area contributed by atoms with Crippen LogP contribution in [-0.4, -0.2) is 18.1 Å². The van der Waals surface area contributed by atoms with Gasteiger partial charge in [-0.15, -0.1) is 0 Å². The third kappa shape index (κ3) is 4.73. The summed E-state index contributed by atoms with van der Waals surface area (Å²) in [6, 6.07) is 4.19. The number of hydrogen-bond acceptors (Lipinski definition) is 3. The first-order valence-corrected chi connectivity index (χ1v) is 6.50. The highest BCUT2D eigenvalue weighted by molar-refractivity contribution is 5.25. The van der Waals surface area contributed by atoms with E-state index in [1.165, 1.54) is 5.56 Å². The first-order valence-electron chi connectivity index (χ1n) is 6.50. The maximum Gasteiger partial charge on any atom is 0.214 e. The topological polar surface area (TPSA) is 34.1 Å². The number of aryl methyl sites for hydroxylation is 1. The lowest BCUT2D eigenvalue weighted by Crippen LogP contribution is -2.13. The molecule has 17 heavy (non-hydrogen) atoms. The van der Waals surface area contributed by atoms with Gasteiger partial charge in [0, 0.05) is 18.3 Å². The zero-order valence-corrected chi connectivity index (χ0v) is 11.4. The Labute approximate surface area is 105 Å². The Kier molecular flexibility index (Phi) is 5.98. The number of hydrogen-bond donors (Lipinski definition) is 1. The fourth-order valence-electron chi connectivity index (χ4n) is 1.66. The first kappa shape index (κ1) is 14.0. The van der Waals surface area contributed by atoms with E-state index in [2.05, 4.69) is 37.1 Å². The van der Waals surface area contributed by atoms with Gasteiger partial charge in [-0.3, -0.25) is 0 Å². The molecule has 0 fully saturated rings. The van der Waals surface area contributed by atoms with Crippen LogP contribution in [0, 0.1) is 0 Å². The molecule has 0 saturated heterocycles. The molecular formula is C14H24N2O. The van der Waals surface area contributed by atoms with E-state index >= 15 is 0 Å². The number of rotatable bonds is 7. The average Bonchev–Trinajstić information content (AvgIpc) is 2.29. The first-order chi connectivity index (χ1) is 8.19. The molecule has 0 aliphatic carbocycles. The highest BCUT2D eigenvalue weighted by Gasteiger charge is 2.06. The van der Waals surface area contributed by atoms with Gasteiger partial charge >= 0.3 is 0 Å². The lowest BCUT2D eigenvalue weighted by Gasteiger charge is -2.14. The third-order valence-corrected chi connectivity index (χ3v) is 2.70. The van der Waals surface area contributed by atoms with Gasteiger partial charge in [-0.1, -0.05) is 20.3 Å². The molecule has 96 valence electrons. The summed E-state index contributed by atoms with van der Waals surface area (Å²) < 4.78 is 5.80. The summed E-state index contributed by atoms with van der Waals surface area (Å²) in [4.78, 5) is 4.54. The molecule has 1 N–H and O–H groups in total. The van der Waals surface area contributed by atoms with Crippen molar-refractivity contribution >= 4 is 0 Å². The molecule has 0 saturated carbocycles. The van der Waals surface area contributed by atoms with Crippen LogP contribution in [0.3, 0.4) is 0 Å². The van der Waals surface area contributed by atoms with Crippen molar-refractivity contribution in [3.8, 4) is 5.88 Å². The summed E-state index contributed by atoms with van der Waals surface area (Å²) in [5, 5.41) is 3.16. The highest BCUT2D eigenvalue weighted by atomic mass is 16.5. The van der Waals surface area contributed by atoms with Crippen LogP contribution in [0.15, 0.2) is 12.1 Å². The van der Waals surface area contributed by atoms with Crippen LogP contribution in [-0.2, 0) is 13.0 Å². The van der Waals surface area contributed by atoms with Crippen molar-refractivity contribution < 1.29 is 4.74 Å². The molecule has 0 aliphatic rings. The van der Waals surface area contributed by atoms with Crippen molar-refractivity contribution in [2.75, 3.05) is 7.05 Å². The quantitative estimate of drug-likeness (QED) is 0.790. The Morgan fingerprint density at radius 2 is 2.12 bits per heavy atom. The second kappa shape index (κ2) is 7.28. The molecule has 1 aromatic rings. The molecule has 3 nitrogen and oxygen atoms in total. The van der Waals surface area contributed by atoms with Gasteiger partial charge in [0.05, 0.1) is 6.10 Å². The molecule has 0 amide bonds. The summed E-state index contributed by atoms with van der Waals surface area (Å²) in [6.45, 7) is 7.22. The van der Waals surface area contributed by atoms with Crippen molar-refractivity contribution in [1.82, 2.24) is 10.3 Å². The van der Waals surface area contributed by atoms with E-state index in [9.17, 15) is 0 Å². The number of nitrogens with zero attached hydrogens (tertiary/aromatic N) is 1. The van der Waals surface area contributed by atoms with E-state index in [1.807, 2.05) is 13.1 Å². The van der Waals surface area contributed by atoms with Gasteiger partial charge in [0.15, 0.2) is 0 Å². The molecule has 1 atom stereocenters. The van der Waals surface area contributed by atoms with Gasteiger partial charge in [-0.05, 0) is 38.4 Å². The monoisotopic (exact) mass is 236 g/mol. The van der Waals surface area contributed by atoms with Crippen LogP contribution in [0.25, 0.3) is 0 Å². The lowest BCUT2D eigenvalue weighted by molar-refractivity contribution is 0.208. The van der Waals surface area contributed by atoms with E-state index < -0.39 is 0 Å². The molecular weight excluding hydrogens is 212 g/mol. The molecule has 0 radical (unpaired) electrons. The van der Waals surface area contributed by atoms with Crippen molar-refractivity contribution in [3.05, 3.63) is 23.4 Å². The van der Waals surface area contributed by atoms with Crippen LogP contribution < -0.4 is 10.1 Å². The second-order valence-corrected chi connectivity index (χ2v) is 4.42. The highest BCUT2D eigenvalue weighted by Crippen LogP contribution is 2.16. The molecule has 0 aromatic carbocycles. The molecule has 1 aromatic heterocycles. The molecule has 0 bridgehead atoms. The van der Waals surface area contributed by atoms with Gasteiger partial charge in [0.1, 0.15) is 0 Å². The molecule has 1 unspecified atom stereocenters. The fourth-order valence-corrected chi connectivity index (χ4v) is 1.66. The average molecular weight is 236 g/mol. The van der Waals surface area contributed by atoms with E-state index in [4.69, 9.17) is 4.74 Å². The minimum absolute atomic E-state index is 0.224. The zero-order chi connectivity index (χ0) is 12.7. The second-order valence-electron chi connectivity index (χ2n) is 4.42. The summed E-state index contributed by atoms with van der Waals surface area (Å²) in [5.74, 6) is 0.760. The maximum absolute atomic E-state index is 5.80. The van der Waals surface area contributed by atoms with Gasteiger partial charge < -0.3 is 10.1 Å². The molecule has 3 heteroatoms. The maximum atomic E-state index is 5.80. The van der Waals surface area contributed by atoms with Crippen molar-refractivity contribution in [2.45, 2.75) is 52.7 Å². The van der Waals surface area contributed by atoms with Gasteiger partial charge in [-0.25, -0.2) is 4.98 Å². The number of ether oxygens (including phenoxy) is 1. The fraction of sp³-hybridized carbons (Fsp3) is 0.643. The van der Waals surface area contributed by atoms with E-state index in [0.717, 1.165) is 37.4 Å². The molecule has 0 aliphatic heterocycles. The van der Waals surface area contributed by atoms with Crippen LogP contribution >= 0.6 is 0 Å².